The van der Waals surface area contributed by atoms with Gasteiger partial charge >= 0.3 is 6.18 Å². The zero-order valence-corrected chi connectivity index (χ0v) is 18.3. The Morgan fingerprint density at radius 3 is 2.69 bits per heavy atom. The molecular weight excluding hydrogens is 445 g/mol. The van der Waals surface area contributed by atoms with Crippen molar-refractivity contribution in [1.29, 1.82) is 0 Å². The summed E-state index contributed by atoms with van der Waals surface area (Å²) in [5, 5.41) is 2.22. The lowest BCUT2D eigenvalue weighted by Gasteiger charge is -2.07. The van der Waals surface area contributed by atoms with Crippen LogP contribution >= 0.6 is 22.7 Å². The second-order valence-electron chi connectivity index (χ2n) is 6.56. The summed E-state index contributed by atoms with van der Waals surface area (Å²) >= 11 is 1.75. The van der Waals surface area contributed by atoms with E-state index in [2.05, 4.69) is 9.71 Å². The van der Waals surface area contributed by atoms with Crippen LogP contribution in [0.25, 0.3) is 10.1 Å². The Balaban J connectivity index is 1.93. The number of anilines is 1. The van der Waals surface area contributed by atoms with E-state index in [4.69, 9.17) is 4.74 Å². The van der Waals surface area contributed by atoms with E-state index in [-0.39, 0.29) is 30.9 Å². The van der Waals surface area contributed by atoms with Gasteiger partial charge in [-0.15, -0.1) is 22.7 Å². The molecule has 0 bridgehead atoms. The van der Waals surface area contributed by atoms with Crippen molar-refractivity contribution in [3.8, 4) is 0 Å². The van der Waals surface area contributed by atoms with Gasteiger partial charge < -0.3 is 4.74 Å². The molecule has 5 nitrogen and oxygen atoms in total. The number of hydrogen-bond acceptors (Lipinski definition) is 6. The van der Waals surface area contributed by atoms with Crippen LogP contribution in [0.5, 0.6) is 0 Å². The summed E-state index contributed by atoms with van der Waals surface area (Å²) < 4.78 is 72.8. The summed E-state index contributed by atoms with van der Waals surface area (Å²) in [5.74, 6) is 0.0878. The predicted octanol–water partition coefficient (Wildman–Crippen LogP) is 5.63. The fourth-order valence-electron chi connectivity index (χ4n) is 2.86. The molecule has 3 aromatic rings. The summed E-state index contributed by atoms with van der Waals surface area (Å²) in [5.41, 5.74) is 0.180. The molecule has 0 radical (unpaired) electrons. The van der Waals surface area contributed by atoms with Gasteiger partial charge in [0.15, 0.2) is 5.13 Å². The molecule has 0 saturated carbocycles. The van der Waals surface area contributed by atoms with Crippen LogP contribution in [0, 0.1) is 6.92 Å². The molecule has 0 spiro atoms. The maximum atomic E-state index is 13.3. The van der Waals surface area contributed by atoms with E-state index < -0.39 is 21.8 Å². The van der Waals surface area contributed by atoms with E-state index in [1.165, 1.54) is 19.1 Å². The third-order valence-electron chi connectivity index (χ3n) is 4.47. The third kappa shape index (κ3) is 4.57. The number of nitrogens with zero attached hydrogens (tertiary/aromatic N) is 1. The molecule has 0 saturated heterocycles. The summed E-state index contributed by atoms with van der Waals surface area (Å²) in [6, 6.07) is 3.73. The topological polar surface area (TPSA) is 68.3 Å². The molecule has 3 rings (SSSR count). The number of fused-ring (bicyclic) bond motifs is 1. The molecule has 0 amide bonds. The minimum Gasteiger partial charge on any atom is -0.385 e. The molecule has 1 N–H and O–H groups in total. The number of hydrogen-bond donors (Lipinski definition) is 1. The Bertz CT molecular complexity index is 1120. The van der Waals surface area contributed by atoms with Gasteiger partial charge in [0.25, 0.3) is 10.0 Å². The fraction of sp³-hybridized carbons (Fsp3) is 0.389. The highest BCUT2D eigenvalue weighted by Crippen LogP contribution is 2.42. The first-order valence-electron chi connectivity index (χ1n) is 8.61. The fourth-order valence-corrected chi connectivity index (χ4v) is 6.83. The molecule has 0 aliphatic carbocycles. The van der Waals surface area contributed by atoms with Crippen LogP contribution in [0.4, 0.5) is 18.3 Å². The molecule has 2 aromatic heterocycles. The first-order valence-corrected chi connectivity index (χ1v) is 11.8. The number of halogens is 3. The van der Waals surface area contributed by atoms with Gasteiger partial charge in [0.1, 0.15) is 4.21 Å². The Morgan fingerprint density at radius 2 is 2.03 bits per heavy atom. The first kappa shape index (κ1) is 22.0. The molecule has 11 heteroatoms. The summed E-state index contributed by atoms with van der Waals surface area (Å²) in [7, 11) is -2.47. The van der Waals surface area contributed by atoms with Gasteiger partial charge in [0, 0.05) is 29.7 Å². The molecule has 1 aromatic carbocycles. The first-order chi connectivity index (χ1) is 13.5. The number of thiophene rings is 1. The molecule has 0 fully saturated rings. The third-order valence-corrected chi connectivity index (χ3v) is 8.68. The highest BCUT2D eigenvalue weighted by atomic mass is 32.2. The quantitative estimate of drug-likeness (QED) is 0.492. The predicted molar refractivity (Wildman–Crippen MR) is 109 cm³/mol. The molecule has 158 valence electrons. The van der Waals surface area contributed by atoms with Crippen LogP contribution in [0.1, 0.15) is 36.1 Å². The molecule has 2 heterocycles. The lowest BCUT2D eigenvalue weighted by atomic mass is 10.1. The van der Waals surface area contributed by atoms with Crippen molar-refractivity contribution in [2.45, 2.75) is 36.6 Å². The Labute approximate surface area is 174 Å². The van der Waals surface area contributed by atoms with Crippen molar-refractivity contribution in [3.05, 3.63) is 40.4 Å². The zero-order valence-electron chi connectivity index (χ0n) is 15.8. The number of nitrogens with one attached hydrogen (secondary N) is 1. The monoisotopic (exact) mass is 464 g/mol. The normalized spacial score (nSPS) is 13.7. The smallest absolute Gasteiger partial charge is 0.385 e. The van der Waals surface area contributed by atoms with E-state index in [1.54, 1.807) is 12.5 Å². The number of sulfonamides is 1. The number of ether oxygens (including phenoxy) is 1. The van der Waals surface area contributed by atoms with E-state index in [0.717, 1.165) is 29.5 Å². The SMILES string of the molecule is COCCC(C)c1csc(NS(=O)(=O)c2sc3c(C(F)(F)F)cccc3c2C)n1. The van der Waals surface area contributed by atoms with Gasteiger partial charge in [-0.2, -0.15) is 13.2 Å². The largest absolute Gasteiger partial charge is 0.417 e. The number of thiazole rings is 1. The van der Waals surface area contributed by atoms with Crippen LogP contribution in [-0.2, 0) is 20.9 Å². The van der Waals surface area contributed by atoms with Crippen molar-refractivity contribution in [1.82, 2.24) is 4.98 Å². The van der Waals surface area contributed by atoms with Gasteiger partial charge in [0.05, 0.1) is 11.3 Å². The van der Waals surface area contributed by atoms with Gasteiger partial charge in [-0.25, -0.2) is 13.4 Å². The van der Waals surface area contributed by atoms with E-state index in [1.807, 2.05) is 6.92 Å². The van der Waals surface area contributed by atoms with Gasteiger partial charge in [-0.1, -0.05) is 19.1 Å². The van der Waals surface area contributed by atoms with Crippen molar-refractivity contribution in [3.63, 3.8) is 0 Å². The Kier molecular flexibility index (Phi) is 6.23. The van der Waals surface area contributed by atoms with E-state index in [9.17, 15) is 21.6 Å². The number of benzene rings is 1. The molecule has 0 aliphatic heterocycles. The molecule has 1 atom stereocenters. The number of aryl methyl sites for hydroxylation is 1. The molecule has 0 aliphatic rings. The highest BCUT2D eigenvalue weighted by molar-refractivity contribution is 7.95. The lowest BCUT2D eigenvalue weighted by molar-refractivity contribution is -0.136. The average Bonchev–Trinajstić information content (AvgIpc) is 3.23. The average molecular weight is 465 g/mol. The van der Waals surface area contributed by atoms with Crippen LogP contribution in [0.2, 0.25) is 0 Å². The number of rotatable bonds is 7. The van der Waals surface area contributed by atoms with Crippen molar-refractivity contribution in [2.75, 3.05) is 18.4 Å². The molecular formula is C18H19F3N2O3S3. The van der Waals surface area contributed by atoms with Crippen LogP contribution in [0.3, 0.4) is 0 Å². The maximum Gasteiger partial charge on any atom is 0.417 e. The minimum absolute atomic E-state index is 0.0878. The van der Waals surface area contributed by atoms with Crippen molar-refractivity contribution < 1.29 is 26.3 Å². The number of aromatic nitrogens is 1. The lowest BCUT2D eigenvalue weighted by Crippen LogP contribution is -2.12. The Hall–Kier alpha value is -1.69. The van der Waals surface area contributed by atoms with Crippen LogP contribution in [0.15, 0.2) is 27.8 Å². The maximum absolute atomic E-state index is 13.3. The van der Waals surface area contributed by atoms with E-state index in [0.29, 0.717) is 17.9 Å². The van der Waals surface area contributed by atoms with Gasteiger partial charge in [0.2, 0.25) is 0 Å². The van der Waals surface area contributed by atoms with Crippen molar-refractivity contribution in [2.24, 2.45) is 0 Å². The number of alkyl halides is 3. The number of methoxy groups -OCH3 is 1. The standard InChI is InChI=1S/C18H19F3N2O3S3/c1-10(7-8-26-3)14-9-27-17(22-14)23-29(24,25)16-11(2)12-5-4-6-13(15(12)28-16)18(19,20)21/h4-6,9-10H,7-8H2,1-3H3,(H,22,23). The van der Waals surface area contributed by atoms with Gasteiger partial charge in [-0.3, -0.25) is 4.72 Å². The van der Waals surface area contributed by atoms with Crippen LogP contribution < -0.4 is 4.72 Å². The highest BCUT2D eigenvalue weighted by Gasteiger charge is 2.35. The Morgan fingerprint density at radius 1 is 1.31 bits per heavy atom. The summed E-state index contributed by atoms with van der Waals surface area (Å²) in [6.45, 7) is 4.02. The van der Waals surface area contributed by atoms with E-state index >= 15 is 0 Å². The minimum atomic E-state index is -4.56. The summed E-state index contributed by atoms with van der Waals surface area (Å²) in [6.07, 6.45) is -3.82. The summed E-state index contributed by atoms with van der Waals surface area (Å²) in [4.78, 5) is 4.31. The van der Waals surface area contributed by atoms with Crippen LogP contribution in [-0.4, -0.2) is 27.1 Å². The molecule has 29 heavy (non-hydrogen) atoms. The molecule has 1 unspecified atom stereocenters. The van der Waals surface area contributed by atoms with Crippen molar-refractivity contribution >= 4 is 47.9 Å². The second-order valence-corrected chi connectivity index (χ2v) is 10.3. The second kappa shape index (κ2) is 8.21. The van der Waals surface area contributed by atoms with Gasteiger partial charge in [-0.05, 0) is 30.4 Å². The zero-order chi connectivity index (χ0) is 21.4.